The minimum absolute atomic E-state index is 0.864. The highest BCUT2D eigenvalue weighted by atomic mass is 16.5. The molecule has 0 aliphatic rings. The van der Waals surface area contributed by atoms with Gasteiger partial charge in [0, 0.05) is 13.7 Å². The first-order valence-electron chi connectivity index (χ1n) is 3.87. The molecule has 0 aromatic rings. The Hall–Kier alpha value is -0.0400. The highest BCUT2D eigenvalue weighted by Gasteiger charge is 1.75. The predicted octanol–water partition coefficient (Wildman–Crippen LogP) is 2.62. The van der Waals surface area contributed by atoms with Gasteiger partial charge in [-0.1, -0.05) is 0 Å². The smallest absolute Gasteiger partial charge is 0.0353 e. The molecule has 0 saturated carbocycles. The average Bonchev–Trinajstić information content (AvgIpc) is 1.87. The van der Waals surface area contributed by atoms with E-state index in [0.717, 1.165) is 13.0 Å². The predicted molar refractivity (Wildman–Crippen MR) is 44.6 cm³/mol. The van der Waals surface area contributed by atoms with Crippen LogP contribution < -0.4 is 0 Å². The zero-order valence-electron chi connectivity index (χ0n) is 7.31. The molecule has 0 saturated heterocycles. The van der Waals surface area contributed by atoms with Gasteiger partial charge in [-0.2, -0.15) is 20.3 Å². The second-order valence-electron chi connectivity index (χ2n) is 2.82. The lowest BCUT2D eigenvalue weighted by Crippen LogP contribution is -1.90. The second-order valence-corrected chi connectivity index (χ2v) is 2.82. The Bertz CT molecular complexity index is 59.7. The maximum atomic E-state index is 4.91. The second kappa shape index (κ2) is 7.07. The van der Waals surface area contributed by atoms with Crippen LogP contribution in [0.25, 0.3) is 0 Å². The molecule has 0 heterocycles. The van der Waals surface area contributed by atoms with Gasteiger partial charge in [-0.3, -0.25) is 0 Å². The molecule has 0 amide bonds. The molecule has 1 heteroatoms. The lowest BCUT2D eigenvalue weighted by Gasteiger charge is -2.21. The molecule has 0 aliphatic heterocycles. The quantitative estimate of drug-likeness (QED) is 0.409. The summed E-state index contributed by atoms with van der Waals surface area (Å²) in [5.41, 5.74) is 0. The van der Waals surface area contributed by atoms with E-state index < -0.39 is 0 Å². The Morgan fingerprint density at radius 1 is 1.30 bits per heavy atom. The van der Waals surface area contributed by atoms with E-state index in [1.807, 2.05) is 0 Å². The van der Waals surface area contributed by atoms with E-state index in [1.54, 1.807) is 7.11 Å². The highest BCUT2D eigenvalue weighted by Crippen LogP contribution is 2.08. The maximum Gasteiger partial charge on any atom is 0.0353 e. The van der Waals surface area contributed by atoms with Crippen LogP contribution in [0.1, 0.15) is 33.1 Å². The summed E-state index contributed by atoms with van der Waals surface area (Å²) in [6, 6.07) is 0. The van der Waals surface area contributed by atoms with Crippen LogP contribution in [0.2, 0.25) is 0 Å². The van der Waals surface area contributed by atoms with Gasteiger partial charge in [0.15, 0.2) is 0 Å². The van der Waals surface area contributed by atoms with E-state index in [0.29, 0.717) is 0 Å². The van der Waals surface area contributed by atoms with Gasteiger partial charge in [-0.25, -0.2) is 12.8 Å². The number of methoxy groups -OCH3 is 1. The molecule has 0 unspecified atom stereocenters. The largest absolute Gasteiger partial charge is 0.387 e. The summed E-state index contributed by atoms with van der Waals surface area (Å²) in [4.78, 5) is 0. The van der Waals surface area contributed by atoms with Gasteiger partial charge in [0.05, 0.1) is 0 Å². The standard InChI is InChI=1S/C9H18O/c1-9(2)7-5-4-6-8-10-3/h4H,5-8H2,1-3H3/q-2. The first-order chi connectivity index (χ1) is 4.77. The molecule has 10 heavy (non-hydrogen) atoms. The fourth-order valence-electron chi connectivity index (χ4n) is 0.736. The van der Waals surface area contributed by atoms with Gasteiger partial charge in [0.1, 0.15) is 0 Å². The van der Waals surface area contributed by atoms with Crippen molar-refractivity contribution in [3.05, 3.63) is 12.3 Å². The maximum absolute atomic E-state index is 4.91. The SMILES string of the molecule is COCC[CH-]CC[C-](C)C. The van der Waals surface area contributed by atoms with Crippen LogP contribution in [-0.2, 0) is 4.74 Å². The zero-order chi connectivity index (χ0) is 7.82. The molecular formula is C9H18O-2. The van der Waals surface area contributed by atoms with Gasteiger partial charge in [0.2, 0.25) is 0 Å². The fourth-order valence-corrected chi connectivity index (χ4v) is 0.736. The molecule has 0 aromatic carbocycles. The Balaban J connectivity index is 2.77. The summed E-state index contributed by atoms with van der Waals surface area (Å²) >= 11 is 0. The summed E-state index contributed by atoms with van der Waals surface area (Å²) in [6.45, 7) is 5.21. The van der Waals surface area contributed by atoms with Gasteiger partial charge < -0.3 is 17.1 Å². The molecule has 62 valence electrons. The third kappa shape index (κ3) is 7.96. The van der Waals surface area contributed by atoms with E-state index in [4.69, 9.17) is 4.74 Å². The van der Waals surface area contributed by atoms with Crippen molar-refractivity contribution in [1.82, 2.24) is 0 Å². The molecule has 0 bridgehead atoms. The molecule has 1 nitrogen and oxygen atoms in total. The molecule has 0 aliphatic carbocycles. The molecule has 0 rings (SSSR count). The van der Waals surface area contributed by atoms with Crippen molar-refractivity contribution in [2.75, 3.05) is 13.7 Å². The summed E-state index contributed by atoms with van der Waals surface area (Å²) in [7, 11) is 1.74. The molecule has 0 aromatic heterocycles. The van der Waals surface area contributed by atoms with Crippen LogP contribution in [0.15, 0.2) is 0 Å². The van der Waals surface area contributed by atoms with E-state index in [2.05, 4.69) is 20.3 Å². The number of hydrogen-bond acceptors (Lipinski definition) is 1. The normalized spacial score (nSPS) is 10.8. The number of unbranched alkanes of at least 4 members (excludes halogenated alkanes) is 2. The van der Waals surface area contributed by atoms with Crippen LogP contribution in [0, 0.1) is 12.3 Å². The van der Waals surface area contributed by atoms with Crippen LogP contribution in [0.5, 0.6) is 0 Å². The molecule has 0 N–H and O–H groups in total. The van der Waals surface area contributed by atoms with Crippen LogP contribution in [-0.4, -0.2) is 13.7 Å². The van der Waals surface area contributed by atoms with Gasteiger partial charge >= 0.3 is 0 Å². The lowest BCUT2D eigenvalue weighted by atomic mass is 10.1. The summed E-state index contributed by atoms with van der Waals surface area (Å²) in [5.74, 6) is 1.51. The summed E-state index contributed by atoms with van der Waals surface area (Å²) in [6.07, 6.45) is 5.80. The lowest BCUT2D eigenvalue weighted by molar-refractivity contribution is 0.200. The van der Waals surface area contributed by atoms with Crippen molar-refractivity contribution in [2.45, 2.75) is 33.1 Å². The molecule has 0 atom stereocenters. The van der Waals surface area contributed by atoms with Gasteiger partial charge in [-0.05, 0) is 0 Å². The van der Waals surface area contributed by atoms with Crippen molar-refractivity contribution in [3.8, 4) is 0 Å². The highest BCUT2D eigenvalue weighted by molar-refractivity contribution is 4.79. The molecule has 0 fully saturated rings. The van der Waals surface area contributed by atoms with E-state index in [1.165, 1.54) is 18.8 Å². The third-order valence-electron chi connectivity index (χ3n) is 1.37. The minimum Gasteiger partial charge on any atom is -0.387 e. The molecule has 0 radical (unpaired) electrons. The van der Waals surface area contributed by atoms with Crippen LogP contribution in [0.3, 0.4) is 0 Å². The summed E-state index contributed by atoms with van der Waals surface area (Å²) in [5, 5.41) is 0. The minimum atomic E-state index is 0.864. The number of ether oxygens (including phenoxy) is 1. The van der Waals surface area contributed by atoms with E-state index in [9.17, 15) is 0 Å². The first-order valence-corrected chi connectivity index (χ1v) is 3.87. The molecular weight excluding hydrogens is 124 g/mol. The number of rotatable bonds is 6. The van der Waals surface area contributed by atoms with Crippen LogP contribution in [0.4, 0.5) is 0 Å². The van der Waals surface area contributed by atoms with Crippen molar-refractivity contribution in [1.29, 1.82) is 0 Å². The Morgan fingerprint density at radius 2 is 2.00 bits per heavy atom. The Kier molecular flexibility index (Phi) is 7.04. The summed E-state index contributed by atoms with van der Waals surface area (Å²) < 4.78 is 4.91. The Morgan fingerprint density at radius 3 is 2.50 bits per heavy atom. The topological polar surface area (TPSA) is 9.23 Å². The van der Waals surface area contributed by atoms with Crippen molar-refractivity contribution >= 4 is 0 Å². The molecule has 0 spiro atoms. The van der Waals surface area contributed by atoms with E-state index in [-0.39, 0.29) is 0 Å². The van der Waals surface area contributed by atoms with E-state index >= 15 is 0 Å². The van der Waals surface area contributed by atoms with Crippen molar-refractivity contribution in [2.24, 2.45) is 0 Å². The Labute approximate surface area is 64.8 Å². The monoisotopic (exact) mass is 142 g/mol. The number of hydrogen-bond donors (Lipinski definition) is 0. The zero-order valence-corrected chi connectivity index (χ0v) is 7.31. The first kappa shape index (κ1) is 9.96. The average molecular weight is 142 g/mol. The van der Waals surface area contributed by atoms with Crippen molar-refractivity contribution < 1.29 is 4.74 Å². The fraction of sp³-hybridized carbons (Fsp3) is 0.778. The third-order valence-corrected chi connectivity index (χ3v) is 1.37. The van der Waals surface area contributed by atoms with Gasteiger partial charge in [0.25, 0.3) is 0 Å². The van der Waals surface area contributed by atoms with Crippen LogP contribution >= 0.6 is 0 Å². The van der Waals surface area contributed by atoms with Crippen molar-refractivity contribution in [3.63, 3.8) is 0 Å². The van der Waals surface area contributed by atoms with Gasteiger partial charge in [-0.15, -0.1) is 0 Å².